The van der Waals surface area contributed by atoms with Gasteiger partial charge in [0.2, 0.25) is 5.91 Å². The van der Waals surface area contributed by atoms with Crippen LogP contribution in [0.4, 0.5) is 0 Å². The lowest BCUT2D eigenvalue weighted by Gasteiger charge is -2.41. The van der Waals surface area contributed by atoms with Gasteiger partial charge in [0, 0.05) is 6.42 Å². The van der Waals surface area contributed by atoms with Crippen LogP contribution in [0.5, 0.6) is 0 Å². The van der Waals surface area contributed by atoms with Crippen LogP contribution in [-0.4, -0.2) is 99.6 Å². The second kappa shape index (κ2) is 53.8. The number of ether oxygens (including phenoxy) is 3. The maximum absolute atomic E-state index is 13.4. The van der Waals surface area contributed by atoms with E-state index in [-0.39, 0.29) is 13.0 Å². The highest BCUT2D eigenvalue weighted by Crippen LogP contribution is 2.26. The van der Waals surface area contributed by atoms with E-state index in [1.54, 1.807) is 6.08 Å². The summed E-state index contributed by atoms with van der Waals surface area (Å²) in [6.45, 7) is 5.82. The molecule has 1 amide bonds. The van der Waals surface area contributed by atoms with Crippen molar-refractivity contribution in [3.05, 3.63) is 24.3 Å². The van der Waals surface area contributed by atoms with E-state index >= 15 is 0 Å². The molecule has 76 heavy (non-hydrogen) atoms. The summed E-state index contributed by atoms with van der Waals surface area (Å²) < 4.78 is 17.7. The zero-order valence-electron chi connectivity index (χ0n) is 49.6. The van der Waals surface area contributed by atoms with Crippen LogP contribution in [0.15, 0.2) is 24.3 Å². The van der Waals surface area contributed by atoms with E-state index < -0.39 is 67.4 Å². The number of aliphatic hydroxyl groups excluding tert-OH is 5. The van der Waals surface area contributed by atoms with Crippen molar-refractivity contribution in [1.82, 2.24) is 5.32 Å². The van der Waals surface area contributed by atoms with Crippen LogP contribution in [0.2, 0.25) is 0 Å². The van der Waals surface area contributed by atoms with Crippen molar-refractivity contribution < 1.29 is 49.3 Å². The highest BCUT2D eigenvalue weighted by molar-refractivity contribution is 5.80. The minimum Gasteiger partial charge on any atom is -0.454 e. The second-order valence-corrected chi connectivity index (χ2v) is 22.9. The lowest BCUT2D eigenvalue weighted by Crippen LogP contribution is -2.61. The van der Waals surface area contributed by atoms with Crippen LogP contribution in [-0.2, 0) is 23.8 Å². The van der Waals surface area contributed by atoms with Gasteiger partial charge >= 0.3 is 5.97 Å². The number of aliphatic hydroxyl groups is 5. The summed E-state index contributed by atoms with van der Waals surface area (Å²) in [4.78, 5) is 26.6. The van der Waals surface area contributed by atoms with Crippen molar-refractivity contribution in [2.45, 2.75) is 365 Å². The SMILES string of the molecule is CCCCCCCC/C=C/CCCCCCCCCCCC(=O)OC1C(OCC(NC(=O)C(O)CCCCCCCCCCCCCCCCCC)C(O)/C=C/CCCCCCCCCCCC)OC(CO)C(O)C1O. The maximum Gasteiger partial charge on any atom is 0.306 e. The summed E-state index contributed by atoms with van der Waals surface area (Å²) in [5.74, 6) is -1.18. The molecule has 0 aliphatic carbocycles. The fourth-order valence-corrected chi connectivity index (χ4v) is 10.4. The van der Waals surface area contributed by atoms with Gasteiger partial charge in [-0.3, -0.25) is 9.59 Å². The first-order chi connectivity index (χ1) is 37.2. The molecule has 6 N–H and O–H groups in total. The largest absolute Gasteiger partial charge is 0.454 e. The molecule has 11 heteroatoms. The maximum atomic E-state index is 13.4. The van der Waals surface area contributed by atoms with Crippen LogP contribution in [0.25, 0.3) is 0 Å². The predicted octanol–water partition coefficient (Wildman–Crippen LogP) is 15.7. The molecule has 0 radical (unpaired) electrons. The standard InChI is InChI=1S/C65H123NO10/c1-4-7-10-13-16-19-22-25-27-29-30-31-33-35-38-41-44-47-50-53-60(70)76-63-62(72)61(71)59(54-67)75-65(63)74-55-56(57(68)51-48-45-42-39-36-24-21-18-15-12-9-6-3)66-64(73)58(69)52-49-46-43-40-37-34-32-28-26-23-20-17-14-11-8-5-2/h25,27,48,51,56-59,61-63,65,67-69,71-72H,4-24,26,28-47,49-50,52-55H2,1-3H3,(H,66,73)/b27-25+,51-48+. The van der Waals surface area contributed by atoms with Crippen molar-refractivity contribution in [3.8, 4) is 0 Å². The summed E-state index contributed by atoms with van der Waals surface area (Å²) in [5, 5.41) is 57.0. The molecule has 8 atom stereocenters. The van der Waals surface area contributed by atoms with E-state index in [0.29, 0.717) is 19.3 Å². The molecule has 0 bridgehead atoms. The number of amides is 1. The highest BCUT2D eigenvalue weighted by Gasteiger charge is 2.47. The second-order valence-electron chi connectivity index (χ2n) is 22.9. The molecule has 0 saturated carbocycles. The summed E-state index contributed by atoms with van der Waals surface area (Å²) in [6, 6.07) is -1.02. The Labute approximate surface area is 467 Å². The fourth-order valence-electron chi connectivity index (χ4n) is 10.4. The number of unbranched alkanes of at least 4 members (excludes halogenated alkanes) is 40. The summed E-state index contributed by atoms with van der Waals surface area (Å²) in [6.07, 6.45) is 52.1. The quantitative estimate of drug-likeness (QED) is 0.0195. The molecule has 0 aromatic rings. The number of carbonyl (C=O) groups excluding carboxylic acids is 2. The first-order valence-corrected chi connectivity index (χ1v) is 32.6. The van der Waals surface area contributed by atoms with Crippen molar-refractivity contribution >= 4 is 11.9 Å². The molecule has 0 aromatic carbocycles. The van der Waals surface area contributed by atoms with Gasteiger partial charge in [-0.2, -0.15) is 0 Å². The van der Waals surface area contributed by atoms with Gasteiger partial charge in [0.25, 0.3) is 0 Å². The van der Waals surface area contributed by atoms with Crippen LogP contribution in [0, 0.1) is 0 Å². The summed E-state index contributed by atoms with van der Waals surface area (Å²) >= 11 is 0. The van der Waals surface area contributed by atoms with Crippen molar-refractivity contribution in [3.63, 3.8) is 0 Å². The Bertz CT molecular complexity index is 1330. The molecule has 11 nitrogen and oxygen atoms in total. The lowest BCUT2D eigenvalue weighted by atomic mass is 9.99. The minimum atomic E-state index is -1.61. The Hall–Kier alpha value is -1.86. The third kappa shape index (κ3) is 41.2. The third-order valence-corrected chi connectivity index (χ3v) is 15.6. The average Bonchev–Trinajstić information content (AvgIpc) is 3.42. The predicted molar refractivity (Wildman–Crippen MR) is 315 cm³/mol. The molecular formula is C65H123NO10. The number of carbonyl (C=O) groups is 2. The Balaban J connectivity index is 2.64. The fraction of sp³-hybridized carbons (Fsp3) is 0.908. The molecule has 1 aliphatic heterocycles. The Morgan fingerprint density at radius 2 is 0.868 bits per heavy atom. The highest BCUT2D eigenvalue weighted by atomic mass is 16.7. The number of hydrogen-bond acceptors (Lipinski definition) is 10. The van der Waals surface area contributed by atoms with E-state index in [4.69, 9.17) is 14.2 Å². The van der Waals surface area contributed by atoms with E-state index in [1.807, 2.05) is 6.08 Å². The molecule has 0 aromatic heterocycles. The minimum absolute atomic E-state index is 0.125. The number of hydrogen-bond donors (Lipinski definition) is 6. The number of rotatable bonds is 56. The Morgan fingerprint density at radius 3 is 1.28 bits per heavy atom. The van der Waals surface area contributed by atoms with Crippen LogP contribution in [0.3, 0.4) is 0 Å². The normalized spacial score (nSPS) is 19.2. The van der Waals surface area contributed by atoms with Crippen molar-refractivity contribution in [2.75, 3.05) is 13.2 Å². The molecule has 448 valence electrons. The van der Waals surface area contributed by atoms with E-state index in [0.717, 1.165) is 57.8 Å². The number of esters is 1. The monoisotopic (exact) mass is 1080 g/mol. The van der Waals surface area contributed by atoms with Gasteiger partial charge in [-0.1, -0.05) is 283 Å². The summed E-state index contributed by atoms with van der Waals surface area (Å²) in [7, 11) is 0. The van der Waals surface area contributed by atoms with Gasteiger partial charge in [-0.05, 0) is 51.4 Å². The molecule has 0 spiro atoms. The van der Waals surface area contributed by atoms with Crippen molar-refractivity contribution in [2.24, 2.45) is 0 Å². The number of nitrogens with one attached hydrogen (secondary N) is 1. The van der Waals surface area contributed by atoms with Crippen LogP contribution < -0.4 is 5.32 Å². The van der Waals surface area contributed by atoms with E-state index in [2.05, 4.69) is 38.2 Å². The molecule has 1 rings (SSSR count). The molecule has 8 unspecified atom stereocenters. The third-order valence-electron chi connectivity index (χ3n) is 15.6. The van der Waals surface area contributed by atoms with Gasteiger partial charge in [0.05, 0.1) is 25.4 Å². The zero-order chi connectivity index (χ0) is 55.4. The first kappa shape index (κ1) is 72.2. The van der Waals surface area contributed by atoms with Gasteiger partial charge in [-0.25, -0.2) is 0 Å². The van der Waals surface area contributed by atoms with Gasteiger partial charge < -0.3 is 45.1 Å². The smallest absolute Gasteiger partial charge is 0.306 e. The van der Waals surface area contributed by atoms with Gasteiger partial charge in [0.1, 0.15) is 24.4 Å². The molecule has 1 heterocycles. The van der Waals surface area contributed by atoms with Crippen molar-refractivity contribution in [1.29, 1.82) is 0 Å². The van der Waals surface area contributed by atoms with E-state index in [9.17, 15) is 35.1 Å². The Morgan fingerprint density at radius 1 is 0.500 bits per heavy atom. The molecular weight excluding hydrogens is 955 g/mol. The lowest BCUT2D eigenvalue weighted by molar-refractivity contribution is -0.305. The molecule has 1 aliphatic rings. The van der Waals surface area contributed by atoms with Crippen LogP contribution in [0.1, 0.15) is 316 Å². The van der Waals surface area contributed by atoms with Gasteiger partial charge in [-0.15, -0.1) is 0 Å². The first-order valence-electron chi connectivity index (χ1n) is 32.6. The van der Waals surface area contributed by atoms with E-state index in [1.165, 1.54) is 212 Å². The molecule has 1 fully saturated rings. The Kier molecular flexibility index (Phi) is 51.0. The van der Waals surface area contributed by atoms with Crippen LogP contribution >= 0.6 is 0 Å². The topological polar surface area (TPSA) is 175 Å². The van der Waals surface area contributed by atoms with Gasteiger partial charge in [0.15, 0.2) is 12.4 Å². The molecule has 1 saturated heterocycles. The average molecular weight is 1080 g/mol. The summed E-state index contributed by atoms with van der Waals surface area (Å²) in [5.41, 5.74) is 0. The number of allylic oxidation sites excluding steroid dienone is 3. The zero-order valence-corrected chi connectivity index (χ0v) is 49.6.